The number of aliphatic hydroxyl groups is 1. The molecular formula is C13H18ClNO3S. The van der Waals surface area contributed by atoms with Crippen molar-refractivity contribution in [1.29, 1.82) is 0 Å². The fraction of sp³-hybridized carbons (Fsp3) is 0.538. The molecule has 0 aliphatic heterocycles. The second-order valence-corrected chi connectivity index (χ2v) is 7.04. The Morgan fingerprint density at radius 3 is 2.42 bits per heavy atom. The molecule has 0 radical (unpaired) electrons. The summed E-state index contributed by atoms with van der Waals surface area (Å²) in [5.41, 5.74) is 0. The van der Waals surface area contributed by atoms with Crippen LogP contribution in [0.4, 0.5) is 0 Å². The summed E-state index contributed by atoms with van der Waals surface area (Å²) in [7, 11) is -3.56. The molecule has 2 rings (SSSR count). The SMILES string of the molecule is O=S(=O)(NC1CCC(CO)CC1)c1ccccc1Cl. The number of rotatable bonds is 4. The highest BCUT2D eigenvalue weighted by Crippen LogP contribution is 2.26. The maximum atomic E-state index is 12.2. The van der Waals surface area contributed by atoms with E-state index < -0.39 is 10.0 Å². The Labute approximate surface area is 118 Å². The summed E-state index contributed by atoms with van der Waals surface area (Å²) in [6.07, 6.45) is 3.22. The summed E-state index contributed by atoms with van der Waals surface area (Å²) < 4.78 is 27.2. The molecule has 0 spiro atoms. The first-order valence-corrected chi connectivity index (χ1v) is 8.27. The predicted molar refractivity (Wildman–Crippen MR) is 74.6 cm³/mol. The Balaban J connectivity index is 2.05. The van der Waals surface area contributed by atoms with E-state index in [4.69, 9.17) is 16.7 Å². The van der Waals surface area contributed by atoms with Crippen molar-refractivity contribution >= 4 is 21.6 Å². The third-order valence-corrected chi connectivity index (χ3v) is 5.57. The van der Waals surface area contributed by atoms with Gasteiger partial charge in [-0.1, -0.05) is 23.7 Å². The molecular weight excluding hydrogens is 286 g/mol. The fourth-order valence-electron chi connectivity index (χ4n) is 2.41. The zero-order valence-electron chi connectivity index (χ0n) is 10.5. The maximum Gasteiger partial charge on any atom is 0.242 e. The van der Waals surface area contributed by atoms with Crippen LogP contribution >= 0.6 is 11.6 Å². The van der Waals surface area contributed by atoms with E-state index in [9.17, 15) is 8.42 Å². The van der Waals surface area contributed by atoms with Crippen molar-refractivity contribution in [3.8, 4) is 0 Å². The van der Waals surface area contributed by atoms with E-state index in [1.165, 1.54) is 6.07 Å². The third-order valence-electron chi connectivity index (χ3n) is 3.55. The maximum absolute atomic E-state index is 12.2. The summed E-state index contributed by atoms with van der Waals surface area (Å²) in [6, 6.07) is 6.36. The van der Waals surface area contributed by atoms with Crippen LogP contribution in [-0.2, 0) is 10.0 Å². The van der Waals surface area contributed by atoms with Crippen LogP contribution in [-0.4, -0.2) is 26.2 Å². The molecule has 19 heavy (non-hydrogen) atoms. The molecule has 1 saturated carbocycles. The van der Waals surface area contributed by atoms with Crippen LogP contribution in [0.5, 0.6) is 0 Å². The van der Waals surface area contributed by atoms with Gasteiger partial charge in [-0.25, -0.2) is 13.1 Å². The molecule has 0 bridgehead atoms. The monoisotopic (exact) mass is 303 g/mol. The van der Waals surface area contributed by atoms with Crippen LogP contribution in [0.1, 0.15) is 25.7 Å². The summed E-state index contributed by atoms with van der Waals surface area (Å²) in [4.78, 5) is 0.126. The Hall–Kier alpha value is -0.620. The normalized spacial score (nSPS) is 24.3. The zero-order valence-corrected chi connectivity index (χ0v) is 12.1. The highest BCUT2D eigenvalue weighted by atomic mass is 35.5. The van der Waals surface area contributed by atoms with Crippen molar-refractivity contribution < 1.29 is 13.5 Å². The van der Waals surface area contributed by atoms with Gasteiger partial charge in [0.15, 0.2) is 0 Å². The first-order chi connectivity index (χ1) is 9.03. The van der Waals surface area contributed by atoms with Crippen molar-refractivity contribution in [3.63, 3.8) is 0 Å². The topological polar surface area (TPSA) is 66.4 Å². The number of sulfonamides is 1. The van der Waals surface area contributed by atoms with Gasteiger partial charge >= 0.3 is 0 Å². The number of hydrogen-bond acceptors (Lipinski definition) is 3. The molecule has 0 unspecified atom stereocenters. The molecule has 0 saturated heterocycles. The zero-order chi connectivity index (χ0) is 13.9. The van der Waals surface area contributed by atoms with Crippen molar-refractivity contribution in [2.24, 2.45) is 5.92 Å². The highest BCUT2D eigenvalue weighted by Gasteiger charge is 2.26. The number of benzene rings is 1. The predicted octanol–water partition coefficient (Wildman–Crippen LogP) is 2.17. The van der Waals surface area contributed by atoms with E-state index in [2.05, 4.69) is 4.72 Å². The van der Waals surface area contributed by atoms with Crippen LogP contribution in [0.2, 0.25) is 5.02 Å². The third kappa shape index (κ3) is 3.69. The first kappa shape index (κ1) is 14.8. The van der Waals surface area contributed by atoms with Crippen molar-refractivity contribution in [3.05, 3.63) is 29.3 Å². The van der Waals surface area contributed by atoms with Gasteiger partial charge in [0, 0.05) is 12.6 Å². The van der Waals surface area contributed by atoms with Crippen molar-refractivity contribution in [1.82, 2.24) is 4.72 Å². The molecule has 0 atom stereocenters. The van der Waals surface area contributed by atoms with E-state index in [1.54, 1.807) is 18.2 Å². The van der Waals surface area contributed by atoms with Crippen molar-refractivity contribution in [2.45, 2.75) is 36.6 Å². The summed E-state index contributed by atoms with van der Waals surface area (Å²) in [6.45, 7) is 0.185. The van der Waals surface area contributed by atoms with Gasteiger partial charge in [0.25, 0.3) is 0 Å². The summed E-state index contributed by atoms with van der Waals surface area (Å²) in [5, 5.41) is 9.30. The van der Waals surface area contributed by atoms with Gasteiger partial charge < -0.3 is 5.11 Å². The minimum atomic E-state index is -3.56. The van der Waals surface area contributed by atoms with Gasteiger partial charge in [-0.15, -0.1) is 0 Å². The van der Waals surface area contributed by atoms with Crippen LogP contribution in [0, 0.1) is 5.92 Å². The summed E-state index contributed by atoms with van der Waals surface area (Å²) >= 11 is 5.92. The standard InChI is InChI=1S/C13H18ClNO3S/c14-12-3-1-2-4-13(12)19(17,18)15-11-7-5-10(9-16)6-8-11/h1-4,10-11,15-16H,5-9H2. The van der Waals surface area contributed by atoms with Crippen LogP contribution < -0.4 is 4.72 Å². The molecule has 1 fully saturated rings. The molecule has 1 aromatic carbocycles. The van der Waals surface area contributed by atoms with E-state index in [-0.39, 0.29) is 22.6 Å². The average Bonchev–Trinajstić information content (AvgIpc) is 2.39. The first-order valence-electron chi connectivity index (χ1n) is 6.40. The minimum Gasteiger partial charge on any atom is -0.396 e. The van der Waals surface area contributed by atoms with Gasteiger partial charge in [-0.2, -0.15) is 0 Å². The molecule has 1 aliphatic rings. The molecule has 4 nitrogen and oxygen atoms in total. The minimum absolute atomic E-state index is 0.0657. The number of nitrogens with one attached hydrogen (secondary N) is 1. The number of halogens is 1. The Kier molecular flexibility index (Phi) is 4.84. The Morgan fingerprint density at radius 2 is 1.84 bits per heavy atom. The average molecular weight is 304 g/mol. The van der Waals surface area contributed by atoms with Gasteiger partial charge in [0.05, 0.1) is 5.02 Å². The molecule has 1 aliphatic carbocycles. The van der Waals surface area contributed by atoms with E-state index in [1.807, 2.05) is 0 Å². The lowest BCUT2D eigenvalue weighted by atomic mass is 9.87. The van der Waals surface area contributed by atoms with Gasteiger partial charge in [0.1, 0.15) is 4.90 Å². The lowest BCUT2D eigenvalue weighted by Crippen LogP contribution is -2.38. The largest absolute Gasteiger partial charge is 0.396 e. The molecule has 0 amide bonds. The van der Waals surface area contributed by atoms with Gasteiger partial charge in [-0.3, -0.25) is 0 Å². The quantitative estimate of drug-likeness (QED) is 0.896. The smallest absolute Gasteiger partial charge is 0.242 e. The molecule has 0 aromatic heterocycles. The number of aliphatic hydroxyl groups excluding tert-OH is 1. The van der Waals surface area contributed by atoms with Crippen LogP contribution in [0.15, 0.2) is 29.2 Å². The lowest BCUT2D eigenvalue weighted by Gasteiger charge is -2.27. The summed E-state index contributed by atoms with van der Waals surface area (Å²) in [5.74, 6) is 0.307. The lowest BCUT2D eigenvalue weighted by molar-refractivity contribution is 0.180. The van der Waals surface area contributed by atoms with E-state index >= 15 is 0 Å². The Bertz CT molecular complexity index is 524. The Morgan fingerprint density at radius 1 is 1.21 bits per heavy atom. The second kappa shape index (κ2) is 6.22. The van der Waals surface area contributed by atoms with Gasteiger partial charge in [-0.05, 0) is 43.7 Å². The van der Waals surface area contributed by atoms with Gasteiger partial charge in [0.2, 0.25) is 10.0 Å². The fourth-order valence-corrected chi connectivity index (χ4v) is 4.23. The molecule has 2 N–H and O–H groups in total. The second-order valence-electron chi connectivity index (χ2n) is 4.95. The molecule has 1 aromatic rings. The van der Waals surface area contributed by atoms with E-state index in [0.29, 0.717) is 5.92 Å². The van der Waals surface area contributed by atoms with Crippen molar-refractivity contribution in [2.75, 3.05) is 6.61 Å². The molecule has 6 heteroatoms. The number of hydrogen-bond donors (Lipinski definition) is 2. The molecule has 106 valence electrons. The van der Waals surface area contributed by atoms with Crippen LogP contribution in [0.3, 0.4) is 0 Å². The molecule has 0 heterocycles. The highest BCUT2D eigenvalue weighted by molar-refractivity contribution is 7.89. The van der Waals surface area contributed by atoms with Crippen LogP contribution in [0.25, 0.3) is 0 Å². The van der Waals surface area contributed by atoms with E-state index in [0.717, 1.165) is 25.7 Å².